The highest BCUT2D eigenvalue weighted by Gasteiger charge is 2.54. The minimum atomic E-state index is -0.424. The summed E-state index contributed by atoms with van der Waals surface area (Å²) in [6.45, 7) is 0. The van der Waals surface area contributed by atoms with Crippen LogP contribution < -0.4 is 5.32 Å². The molecule has 0 aromatic carbocycles. The number of H-pyrrole nitrogens is 1. The van der Waals surface area contributed by atoms with Crippen molar-refractivity contribution >= 4 is 16.7 Å². The van der Waals surface area contributed by atoms with Crippen LogP contribution in [0.2, 0.25) is 0 Å². The van der Waals surface area contributed by atoms with Gasteiger partial charge in [-0.2, -0.15) is 4.98 Å². The third-order valence-corrected chi connectivity index (χ3v) is 6.74. The molecule has 26 heavy (non-hydrogen) atoms. The third-order valence-electron chi connectivity index (χ3n) is 6.74. The Kier molecular flexibility index (Phi) is 2.87. The number of aromatic amines is 1. The van der Waals surface area contributed by atoms with Crippen LogP contribution in [0.5, 0.6) is 0 Å². The van der Waals surface area contributed by atoms with Crippen molar-refractivity contribution in [2.45, 2.75) is 43.7 Å². The van der Waals surface area contributed by atoms with E-state index in [2.05, 4.69) is 25.4 Å². The Balaban J connectivity index is 1.43. The fraction of sp³-hybridized carbons (Fsp3) is 0.526. The first-order valence-corrected chi connectivity index (χ1v) is 9.40. The summed E-state index contributed by atoms with van der Waals surface area (Å²) in [7, 11) is 0. The molecule has 3 aromatic rings. The standard InChI is InChI=1S/C19H21N5O2/c25-19-5-10-3-11(6-19)15(12(4-10)7-19)23-16-13-1-2-20-17(13)21-8-14(16)18-22-9-26-24-18/h1-2,8-12,15,25H,3-7H2,(H2,20,21,23)/t10?,11-,12+,15+,19-. The first-order chi connectivity index (χ1) is 12.7. The van der Waals surface area contributed by atoms with E-state index in [1.165, 1.54) is 19.2 Å². The molecule has 5 atom stereocenters. The molecule has 0 spiro atoms. The Morgan fingerprint density at radius 1 is 1.19 bits per heavy atom. The van der Waals surface area contributed by atoms with Gasteiger partial charge in [-0.15, -0.1) is 0 Å². The van der Waals surface area contributed by atoms with Gasteiger partial charge in [-0.1, -0.05) is 5.16 Å². The first kappa shape index (κ1) is 14.7. The molecule has 4 aliphatic rings. The minimum Gasteiger partial charge on any atom is -0.390 e. The molecule has 4 saturated carbocycles. The van der Waals surface area contributed by atoms with Gasteiger partial charge in [0.05, 0.1) is 16.9 Å². The molecule has 7 heteroatoms. The van der Waals surface area contributed by atoms with E-state index < -0.39 is 5.60 Å². The number of aromatic nitrogens is 4. The van der Waals surface area contributed by atoms with Gasteiger partial charge in [-0.25, -0.2) is 4.98 Å². The normalized spacial score (nSPS) is 35.3. The van der Waals surface area contributed by atoms with Gasteiger partial charge >= 0.3 is 0 Å². The summed E-state index contributed by atoms with van der Waals surface area (Å²) < 4.78 is 4.96. The zero-order chi connectivity index (χ0) is 17.3. The Morgan fingerprint density at radius 2 is 2.04 bits per heavy atom. The Morgan fingerprint density at radius 3 is 2.77 bits per heavy atom. The highest BCUT2D eigenvalue weighted by Crippen LogP contribution is 2.56. The molecular weight excluding hydrogens is 330 g/mol. The van der Waals surface area contributed by atoms with Crippen molar-refractivity contribution in [1.82, 2.24) is 20.1 Å². The third kappa shape index (κ3) is 2.06. The monoisotopic (exact) mass is 351 g/mol. The van der Waals surface area contributed by atoms with Gasteiger partial charge in [0.15, 0.2) is 0 Å². The molecule has 7 rings (SSSR count). The van der Waals surface area contributed by atoms with Crippen molar-refractivity contribution in [3.63, 3.8) is 0 Å². The van der Waals surface area contributed by atoms with Crippen LogP contribution in [0.1, 0.15) is 32.1 Å². The summed E-state index contributed by atoms with van der Waals surface area (Å²) in [5, 5.41) is 19.7. The molecule has 3 aromatic heterocycles. The zero-order valence-corrected chi connectivity index (χ0v) is 14.4. The largest absolute Gasteiger partial charge is 0.390 e. The molecule has 3 N–H and O–H groups in total. The summed E-state index contributed by atoms with van der Waals surface area (Å²) in [6.07, 6.45) is 10.3. The maximum Gasteiger partial charge on any atom is 0.214 e. The van der Waals surface area contributed by atoms with E-state index in [1.807, 2.05) is 12.3 Å². The van der Waals surface area contributed by atoms with Crippen LogP contribution in [0.15, 0.2) is 29.4 Å². The number of nitrogens with zero attached hydrogens (tertiary/aromatic N) is 3. The number of pyridine rings is 1. The van der Waals surface area contributed by atoms with Crippen molar-refractivity contribution in [2.75, 3.05) is 5.32 Å². The summed E-state index contributed by atoms with van der Waals surface area (Å²) in [4.78, 5) is 11.9. The summed E-state index contributed by atoms with van der Waals surface area (Å²) >= 11 is 0. The van der Waals surface area contributed by atoms with Gasteiger partial charge in [0, 0.05) is 23.8 Å². The van der Waals surface area contributed by atoms with E-state index in [4.69, 9.17) is 4.52 Å². The van der Waals surface area contributed by atoms with Crippen LogP contribution in [-0.4, -0.2) is 36.9 Å². The lowest BCUT2D eigenvalue weighted by molar-refractivity contribution is -0.129. The predicted molar refractivity (Wildman–Crippen MR) is 95.3 cm³/mol. The van der Waals surface area contributed by atoms with Gasteiger partial charge in [-0.05, 0) is 55.9 Å². The highest BCUT2D eigenvalue weighted by molar-refractivity contribution is 5.97. The van der Waals surface area contributed by atoms with E-state index >= 15 is 0 Å². The van der Waals surface area contributed by atoms with E-state index in [-0.39, 0.29) is 0 Å². The van der Waals surface area contributed by atoms with E-state index in [9.17, 15) is 5.11 Å². The summed E-state index contributed by atoms with van der Waals surface area (Å²) in [6, 6.07) is 2.41. The van der Waals surface area contributed by atoms with Crippen molar-refractivity contribution in [1.29, 1.82) is 0 Å². The lowest BCUT2D eigenvalue weighted by Crippen LogP contribution is -2.59. The van der Waals surface area contributed by atoms with Gasteiger partial charge < -0.3 is 19.9 Å². The molecular formula is C19H21N5O2. The minimum absolute atomic E-state index is 0.373. The molecule has 3 heterocycles. The number of hydrogen-bond donors (Lipinski definition) is 3. The molecule has 0 radical (unpaired) electrons. The highest BCUT2D eigenvalue weighted by atomic mass is 16.5. The molecule has 1 unspecified atom stereocenters. The molecule has 4 fully saturated rings. The Bertz CT molecular complexity index is 950. The van der Waals surface area contributed by atoms with Crippen LogP contribution in [-0.2, 0) is 0 Å². The van der Waals surface area contributed by atoms with Crippen molar-refractivity contribution < 1.29 is 9.63 Å². The van der Waals surface area contributed by atoms with E-state index in [1.54, 1.807) is 6.20 Å². The van der Waals surface area contributed by atoms with E-state index in [0.717, 1.165) is 41.5 Å². The van der Waals surface area contributed by atoms with Crippen LogP contribution in [0.4, 0.5) is 5.69 Å². The second-order valence-electron chi connectivity index (χ2n) is 8.41. The number of nitrogens with one attached hydrogen (secondary N) is 2. The van der Waals surface area contributed by atoms with E-state index in [0.29, 0.717) is 29.6 Å². The summed E-state index contributed by atoms with van der Waals surface area (Å²) in [5.74, 6) is 2.28. The predicted octanol–water partition coefficient (Wildman–Crippen LogP) is 2.96. The quantitative estimate of drug-likeness (QED) is 0.671. The fourth-order valence-corrected chi connectivity index (χ4v) is 6.01. The average molecular weight is 351 g/mol. The smallest absolute Gasteiger partial charge is 0.214 e. The number of anilines is 1. The van der Waals surface area contributed by atoms with Crippen molar-refractivity contribution in [3.05, 3.63) is 24.9 Å². The molecule has 4 bridgehead atoms. The number of hydrogen-bond acceptors (Lipinski definition) is 6. The number of fused-ring (bicyclic) bond motifs is 1. The van der Waals surface area contributed by atoms with Gasteiger partial charge in [0.25, 0.3) is 0 Å². The average Bonchev–Trinajstić information content (AvgIpc) is 3.27. The summed E-state index contributed by atoms with van der Waals surface area (Å²) in [5.41, 5.74) is 2.30. The SMILES string of the molecule is O[C@]12CC3C[C@H](C1)[C@H](Nc1c(-c4ncon4)cnc4[nH]ccc14)[C@@H](C3)C2. The second kappa shape index (κ2) is 5.07. The number of aliphatic hydroxyl groups is 1. The Labute approximate surface area is 150 Å². The van der Waals surface area contributed by atoms with Crippen molar-refractivity contribution in [2.24, 2.45) is 17.8 Å². The van der Waals surface area contributed by atoms with Crippen molar-refractivity contribution in [3.8, 4) is 11.4 Å². The van der Waals surface area contributed by atoms with Crippen LogP contribution in [0.25, 0.3) is 22.4 Å². The zero-order valence-electron chi connectivity index (χ0n) is 14.4. The first-order valence-electron chi connectivity index (χ1n) is 9.40. The second-order valence-corrected chi connectivity index (χ2v) is 8.41. The molecule has 7 nitrogen and oxygen atoms in total. The fourth-order valence-electron chi connectivity index (χ4n) is 6.01. The lowest BCUT2D eigenvalue weighted by Gasteiger charge is -2.58. The maximum absolute atomic E-state index is 10.9. The lowest BCUT2D eigenvalue weighted by atomic mass is 9.52. The Hall–Kier alpha value is -2.41. The topological polar surface area (TPSA) is 99.9 Å². The van der Waals surface area contributed by atoms with Gasteiger partial charge in [-0.3, -0.25) is 0 Å². The van der Waals surface area contributed by atoms with Gasteiger partial charge in [0.2, 0.25) is 12.2 Å². The number of rotatable bonds is 3. The molecule has 134 valence electrons. The molecule has 0 aliphatic heterocycles. The molecule has 0 saturated heterocycles. The van der Waals surface area contributed by atoms with Crippen LogP contribution >= 0.6 is 0 Å². The molecule has 4 aliphatic carbocycles. The van der Waals surface area contributed by atoms with Crippen LogP contribution in [0, 0.1) is 17.8 Å². The maximum atomic E-state index is 10.9. The van der Waals surface area contributed by atoms with Gasteiger partial charge in [0.1, 0.15) is 5.65 Å². The van der Waals surface area contributed by atoms with Crippen LogP contribution in [0.3, 0.4) is 0 Å². The molecule has 0 amide bonds.